The number of hydrogen-bond donors (Lipinski definition) is 1. The molecule has 5 nitrogen and oxygen atoms in total. The molecule has 0 saturated heterocycles. The Bertz CT molecular complexity index is 892. The minimum atomic E-state index is -0.299. The summed E-state index contributed by atoms with van der Waals surface area (Å²) in [7, 11) is 0. The van der Waals surface area contributed by atoms with Crippen molar-refractivity contribution in [1.29, 1.82) is 0 Å². The van der Waals surface area contributed by atoms with Crippen LogP contribution in [0.3, 0.4) is 0 Å². The summed E-state index contributed by atoms with van der Waals surface area (Å²) in [4.78, 5) is 13.3. The first-order chi connectivity index (χ1) is 14.1. The number of hydrogen-bond acceptors (Lipinski definition) is 4. The van der Waals surface area contributed by atoms with E-state index in [1.165, 1.54) is 31.4 Å². The van der Waals surface area contributed by atoms with Crippen molar-refractivity contribution in [2.45, 2.75) is 57.1 Å². The van der Waals surface area contributed by atoms with Crippen LogP contribution in [0, 0.1) is 29.0 Å². The third-order valence-corrected chi connectivity index (χ3v) is 7.78. The lowest BCUT2D eigenvalue weighted by Crippen LogP contribution is -2.53. The average molecular weight is 415 g/mol. The fourth-order valence-electron chi connectivity index (χ4n) is 6.25. The molecule has 0 radical (unpaired) electrons. The molecule has 4 aliphatic carbocycles. The van der Waals surface area contributed by atoms with Crippen molar-refractivity contribution in [3.63, 3.8) is 0 Å². The highest BCUT2D eigenvalue weighted by Crippen LogP contribution is 2.60. The molecule has 1 heterocycles. The van der Waals surface area contributed by atoms with Gasteiger partial charge in [-0.1, -0.05) is 24.8 Å². The highest BCUT2D eigenvalue weighted by molar-refractivity contribution is 7.99. The van der Waals surface area contributed by atoms with Gasteiger partial charge >= 0.3 is 0 Å². The van der Waals surface area contributed by atoms with Gasteiger partial charge in [-0.15, -0.1) is 10.2 Å². The smallest absolute Gasteiger partial charge is 0.226 e. The largest absolute Gasteiger partial charge is 0.348 e. The molecule has 0 spiro atoms. The minimum Gasteiger partial charge on any atom is -0.348 e. The van der Waals surface area contributed by atoms with Crippen molar-refractivity contribution in [3.05, 3.63) is 35.9 Å². The fraction of sp³-hybridized carbons (Fsp3) is 0.591. The topological polar surface area (TPSA) is 59.8 Å². The van der Waals surface area contributed by atoms with Gasteiger partial charge in [0.15, 0.2) is 11.0 Å². The molecule has 154 valence electrons. The zero-order chi connectivity index (χ0) is 20.0. The summed E-state index contributed by atoms with van der Waals surface area (Å²) in [5, 5.41) is 12.5. The maximum absolute atomic E-state index is 13.8. The number of rotatable bonds is 6. The molecule has 4 aliphatic rings. The van der Waals surface area contributed by atoms with Crippen LogP contribution in [-0.4, -0.2) is 26.4 Å². The Hall–Kier alpha value is -1.89. The number of halogens is 1. The molecule has 1 amide bonds. The Morgan fingerprint density at radius 2 is 1.90 bits per heavy atom. The van der Waals surface area contributed by atoms with Gasteiger partial charge in [-0.3, -0.25) is 9.36 Å². The predicted molar refractivity (Wildman–Crippen MR) is 110 cm³/mol. The fourth-order valence-corrected chi connectivity index (χ4v) is 6.94. The molecule has 0 aliphatic heterocycles. The van der Waals surface area contributed by atoms with E-state index < -0.39 is 0 Å². The molecule has 1 aromatic carbocycles. The molecular weight excluding hydrogens is 387 g/mol. The van der Waals surface area contributed by atoms with Crippen LogP contribution in [0.1, 0.15) is 51.3 Å². The molecule has 2 aromatic rings. The van der Waals surface area contributed by atoms with Crippen molar-refractivity contribution >= 4 is 17.7 Å². The lowest BCUT2D eigenvalue weighted by Gasteiger charge is -2.55. The molecule has 0 unspecified atom stereocenters. The van der Waals surface area contributed by atoms with E-state index in [-0.39, 0.29) is 17.1 Å². The summed E-state index contributed by atoms with van der Waals surface area (Å²) in [6, 6.07) is 6.43. The molecule has 4 fully saturated rings. The zero-order valence-electron chi connectivity index (χ0n) is 16.7. The van der Waals surface area contributed by atoms with Crippen molar-refractivity contribution in [1.82, 2.24) is 20.1 Å². The quantitative estimate of drug-likeness (QED) is 0.714. The highest BCUT2D eigenvalue weighted by Gasteiger charge is 2.54. The van der Waals surface area contributed by atoms with Crippen molar-refractivity contribution in [2.24, 2.45) is 23.2 Å². The second kappa shape index (κ2) is 7.42. The summed E-state index contributed by atoms with van der Waals surface area (Å²) >= 11 is 1.56. The Labute approximate surface area is 174 Å². The Morgan fingerprint density at radius 3 is 2.52 bits per heavy atom. The maximum atomic E-state index is 13.8. The number of nitrogens with one attached hydrogen (secondary N) is 1. The van der Waals surface area contributed by atoms with E-state index in [2.05, 4.69) is 15.5 Å². The Kier molecular flexibility index (Phi) is 4.88. The number of carbonyl (C=O) groups excluding carboxylic acids is 1. The minimum absolute atomic E-state index is 0.176. The lowest BCUT2D eigenvalue weighted by molar-refractivity contribution is -0.146. The normalized spacial score (nSPS) is 29.9. The van der Waals surface area contributed by atoms with Crippen LogP contribution in [0.2, 0.25) is 0 Å². The van der Waals surface area contributed by atoms with Gasteiger partial charge < -0.3 is 5.32 Å². The van der Waals surface area contributed by atoms with Crippen LogP contribution in [0.15, 0.2) is 29.4 Å². The van der Waals surface area contributed by atoms with Gasteiger partial charge in [0.1, 0.15) is 5.82 Å². The number of carbonyl (C=O) groups is 1. The van der Waals surface area contributed by atoms with Crippen molar-refractivity contribution in [3.8, 4) is 5.69 Å². The lowest BCUT2D eigenvalue weighted by atomic mass is 9.49. The second-order valence-corrected chi connectivity index (χ2v) is 10.3. The zero-order valence-corrected chi connectivity index (χ0v) is 17.6. The van der Waals surface area contributed by atoms with Crippen molar-refractivity contribution in [2.75, 3.05) is 5.75 Å². The first kappa shape index (κ1) is 19.1. The third-order valence-electron chi connectivity index (χ3n) is 6.97. The molecule has 4 saturated carbocycles. The van der Waals surface area contributed by atoms with Crippen LogP contribution in [0.4, 0.5) is 4.39 Å². The molecule has 29 heavy (non-hydrogen) atoms. The monoisotopic (exact) mass is 414 g/mol. The van der Waals surface area contributed by atoms with E-state index in [0.29, 0.717) is 18.1 Å². The first-order valence-electron chi connectivity index (χ1n) is 10.7. The van der Waals surface area contributed by atoms with E-state index in [9.17, 15) is 9.18 Å². The van der Waals surface area contributed by atoms with Crippen LogP contribution < -0.4 is 5.32 Å². The van der Waals surface area contributed by atoms with Gasteiger partial charge in [-0.2, -0.15) is 0 Å². The van der Waals surface area contributed by atoms with Gasteiger partial charge in [0, 0.05) is 5.41 Å². The summed E-state index contributed by atoms with van der Waals surface area (Å²) in [6.07, 6.45) is 7.07. The highest BCUT2D eigenvalue weighted by atomic mass is 32.2. The summed E-state index contributed by atoms with van der Waals surface area (Å²) < 4.78 is 15.7. The molecule has 6 rings (SSSR count). The molecule has 1 aromatic heterocycles. The number of thioether (sulfide) groups is 1. The van der Waals surface area contributed by atoms with Crippen molar-refractivity contribution < 1.29 is 9.18 Å². The van der Waals surface area contributed by atoms with Gasteiger partial charge in [-0.25, -0.2) is 4.39 Å². The van der Waals surface area contributed by atoms with E-state index in [4.69, 9.17) is 0 Å². The van der Waals surface area contributed by atoms with Crippen LogP contribution in [0.5, 0.6) is 0 Å². The second-order valence-electron chi connectivity index (χ2n) is 9.03. The standard InChI is InChI=1S/C22H27FN4OS/c1-2-29-21-26-25-19(27(21)18-5-3-4-17(23)9-18)13-24-20(28)22-10-14-6-15(11-22)8-16(7-14)12-22/h3-5,9,14-16H,2,6-8,10-13H2,1H3,(H,24,28). The number of nitrogens with zero attached hydrogens (tertiary/aromatic N) is 3. The van der Waals surface area contributed by atoms with E-state index in [0.717, 1.165) is 47.9 Å². The SMILES string of the molecule is CCSc1nnc(CNC(=O)C23CC4CC(CC(C4)C2)C3)n1-c1cccc(F)c1. The van der Waals surface area contributed by atoms with Crippen LogP contribution in [0.25, 0.3) is 5.69 Å². The van der Waals surface area contributed by atoms with Crippen LogP contribution >= 0.6 is 11.8 Å². The molecule has 0 atom stereocenters. The number of amides is 1. The van der Waals surface area contributed by atoms with Gasteiger partial charge in [0.05, 0.1) is 12.2 Å². The number of benzene rings is 1. The first-order valence-corrected chi connectivity index (χ1v) is 11.7. The van der Waals surface area contributed by atoms with Gasteiger partial charge in [-0.05, 0) is 80.2 Å². The Morgan fingerprint density at radius 1 is 1.21 bits per heavy atom. The predicted octanol–water partition coefficient (Wildman–Crippen LogP) is 4.35. The molecular formula is C22H27FN4OS. The summed E-state index contributed by atoms with van der Waals surface area (Å²) in [6.45, 7) is 2.36. The average Bonchev–Trinajstić information content (AvgIpc) is 3.08. The maximum Gasteiger partial charge on any atom is 0.226 e. The molecule has 7 heteroatoms. The number of aromatic nitrogens is 3. The molecule has 1 N–H and O–H groups in total. The third kappa shape index (κ3) is 3.47. The van der Waals surface area contributed by atoms with E-state index in [1.807, 2.05) is 17.6 Å². The van der Waals surface area contributed by atoms with Gasteiger partial charge in [0.2, 0.25) is 5.91 Å². The summed E-state index contributed by atoms with van der Waals surface area (Å²) in [5.74, 6) is 3.56. The Balaban J connectivity index is 1.36. The molecule has 4 bridgehead atoms. The van der Waals surface area contributed by atoms with Gasteiger partial charge in [0.25, 0.3) is 0 Å². The summed E-state index contributed by atoms with van der Waals surface area (Å²) in [5.41, 5.74) is 0.504. The van der Waals surface area contributed by atoms with E-state index in [1.54, 1.807) is 17.8 Å². The van der Waals surface area contributed by atoms with Crippen LogP contribution in [-0.2, 0) is 11.3 Å². The van der Waals surface area contributed by atoms with E-state index >= 15 is 0 Å².